The van der Waals surface area contributed by atoms with Crippen molar-refractivity contribution in [2.75, 3.05) is 32.8 Å². The molecule has 0 spiro atoms. The van der Waals surface area contributed by atoms with Crippen molar-refractivity contribution in [1.82, 2.24) is 9.80 Å². The van der Waals surface area contributed by atoms with Gasteiger partial charge < -0.3 is 19.3 Å². The Labute approximate surface area is 266 Å². The third-order valence-corrected chi connectivity index (χ3v) is 10.1. The minimum absolute atomic E-state index is 0.0811. The van der Waals surface area contributed by atoms with Crippen molar-refractivity contribution in [3.05, 3.63) is 54.1 Å². The highest BCUT2D eigenvalue weighted by Crippen LogP contribution is 2.53. The van der Waals surface area contributed by atoms with Crippen LogP contribution in [0.1, 0.15) is 69.8 Å². The number of rotatable bonds is 10. The Morgan fingerprint density at radius 3 is 2.30 bits per heavy atom. The summed E-state index contributed by atoms with van der Waals surface area (Å²) in [5, 5.41) is 0. The molecule has 0 aromatic heterocycles. The molecule has 1 aliphatic carbocycles. The van der Waals surface area contributed by atoms with Crippen molar-refractivity contribution in [1.29, 1.82) is 0 Å². The van der Waals surface area contributed by atoms with Crippen LogP contribution in [-0.4, -0.2) is 72.3 Å². The van der Waals surface area contributed by atoms with E-state index >= 15 is 0 Å². The van der Waals surface area contributed by atoms with Crippen molar-refractivity contribution >= 4 is 35.1 Å². The fraction of sp³-hybridized carbons (Fsp3) is 0.576. The summed E-state index contributed by atoms with van der Waals surface area (Å²) in [4.78, 5) is 30.2. The predicted molar refractivity (Wildman–Crippen MR) is 164 cm³/mol. The van der Waals surface area contributed by atoms with Crippen molar-refractivity contribution in [3.8, 4) is 16.9 Å². The molecule has 6 nitrogen and oxygen atoms in total. The Morgan fingerprint density at radius 1 is 0.932 bits per heavy atom. The van der Waals surface area contributed by atoms with E-state index in [0.29, 0.717) is 25.2 Å². The lowest BCUT2D eigenvalue weighted by Gasteiger charge is -2.39. The van der Waals surface area contributed by atoms with Gasteiger partial charge in [-0.05, 0) is 62.4 Å². The van der Waals surface area contributed by atoms with Crippen LogP contribution in [-0.2, 0) is 18.7 Å². The molecule has 1 atom stereocenters. The molecule has 2 aromatic rings. The minimum atomic E-state index is -5.34. The first kappa shape index (κ1) is 32.9. The van der Waals surface area contributed by atoms with Crippen LogP contribution in [0.2, 0.25) is 0 Å². The molecule has 0 radical (unpaired) electrons. The van der Waals surface area contributed by atoms with Crippen LogP contribution in [0.15, 0.2) is 48.5 Å². The number of nitrogens with zero attached hydrogens (tertiary/aromatic N) is 2. The second-order valence-electron chi connectivity index (χ2n) is 12.0. The van der Waals surface area contributed by atoms with Gasteiger partial charge in [-0.25, -0.2) is 4.79 Å². The SMILES string of the molecule is O=C(OC1(C(Cl)(Cl)c2ccc(-c3ccccc3)c(OCCCN3CCCCC3)c2)CCN(C2CCCCC2)C1=O)C(F)(F)F. The summed E-state index contributed by atoms with van der Waals surface area (Å²) in [5.74, 6) is -2.88. The van der Waals surface area contributed by atoms with Gasteiger partial charge in [0.05, 0.1) is 6.61 Å². The highest BCUT2D eigenvalue weighted by Gasteiger charge is 2.66. The molecular weight excluding hydrogens is 616 g/mol. The summed E-state index contributed by atoms with van der Waals surface area (Å²) in [6.07, 6.45) is 3.04. The van der Waals surface area contributed by atoms with Gasteiger partial charge in [-0.1, -0.05) is 91.3 Å². The second-order valence-corrected chi connectivity index (χ2v) is 13.3. The van der Waals surface area contributed by atoms with E-state index in [-0.39, 0.29) is 24.6 Å². The Balaban J connectivity index is 1.47. The van der Waals surface area contributed by atoms with Crippen LogP contribution >= 0.6 is 23.2 Å². The zero-order valence-electron chi connectivity index (χ0n) is 24.7. The zero-order chi connectivity index (χ0) is 31.4. The first-order chi connectivity index (χ1) is 21.0. The summed E-state index contributed by atoms with van der Waals surface area (Å²) in [6.45, 7) is 3.49. The molecule has 2 heterocycles. The summed E-state index contributed by atoms with van der Waals surface area (Å²) in [7, 11) is 0. The number of piperidine rings is 1. The van der Waals surface area contributed by atoms with E-state index in [4.69, 9.17) is 32.7 Å². The normalized spacial score (nSPS) is 22.3. The zero-order valence-corrected chi connectivity index (χ0v) is 26.2. The van der Waals surface area contributed by atoms with Crippen molar-refractivity contribution < 1.29 is 32.2 Å². The van der Waals surface area contributed by atoms with E-state index in [1.807, 2.05) is 30.3 Å². The van der Waals surface area contributed by atoms with Gasteiger partial charge in [-0.3, -0.25) is 4.79 Å². The Morgan fingerprint density at radius 2 is 1.61 bits per heavy atom. The summed E-state index contributed by atoms with van der Waals surface area (Å²) in [5.41, 5.74) is -0.766. The standard InChI is InChI=1S/C33H39Cl2F3N2O4/c34-32(35,31(44-30(42)33(36,37)38)17-21-40(29(31)41)26-13-6-2-7-14-26)25-15-16-27(24-11-4-1-5-12-24)28(23-25)43-22-10-20-39-18-8-3-9-19-39/h1,4-5,11-12,15-16,23,26H,2-3,6-10,13-14,17-22H2. The number of carbonyl (C=O) groups excluding carboxylic acids is 2. The maximum Gasteiger partial charge on any atom is 0.490 e. The van der Waals surface area contributed by atoms with Crippen LogP contribution in [0.5, 0.6) is 5.75 Å². The molecule has 3 aliphatic rings. The fourth-order valence-corrected chi connectivity index (χ4v) is 7.37. The van der Waals surface area contributed by atoms with Gasteiger partial charge in [0.2, 0.25) is 5.60 Å². The molecule has 2 saturated heterocycles. The second kappa shape index (κ2) is 13.9. The van der Waals surface area contributed by atoms with E-state index in [1.54, 1.807) is 18.2 Å². The molecule has 2 aromatic carbocycles. The Kier molecular flexibility index (Phi) is 10.4. The van der Waals surface area contributed by atoms with E-state index in [9.17, 15) is 22.8 Å². The number of benzene rings is 2. The monoisotopic (exact) mass is 654 g/mol. The lowest BCUT2D eigenvalue weighted by molar-refractivity contribution is -0.215. The summed E-state index contributed by atoms with van der Waals surface area (Å²) >= 11 is 13.9. The van der Waals surface area contributed by atoms with Gasteiger partial charge in [-0.15, -0.1) is 0 Å². The van der Waals surface area contributed by atoms with E-state index in [1.165, 1.54) is 24.2 Å². The van der Waals surface area contributed by atoms with Crippen molar-refractivity contribution in [2.24, 2.45) is 0 Å². The molecule has 44 heavy (non-hydrogen) atoms. The third-order valence-electron chi connectivity index (χ3n) is 9.09. The first-order valence-electron chi connectivity index (χ1n) is 15.6. The number of alkyl halides is 5. The predicted octanol–water partition coefficient (Wildman–Crippen LogP) is 7.65. The van der Waals surface area contributed by atoms with E-state index in [2.05, 4.69) is 4.90 Å². The van der Waals surface area contributed by atoms with Gasteiger partial charge in [0.25, 0.3) is 5.91 Å². The number of esters is 1. The van der Waals surface area contributed by atoms with Gasteiger partial charge in [0, 0.05) is 31.1 Å². The fourth-order valence-electron chi connectivity index (χ4n) is 6.71. The molecule has 11 heteroatoms. The van der Waals surface area contributed by atoms with E-state index < -0.39 is 28.0 Å². The molecule has 2 aliphatic heterocycles. The smallest absolute Gasteiger partial charge is 0.490 e. The van der Waals surface area contributed by atoms with Gasteiger partial charge in [-0.2, -0.15) is 13.2 Å². The van der Waals surface area contributed by atoms with Crippen molar-refractivity contribution in [3.63, 3.8) is 0 Å². The summed E-state index contributed by atoms with van der Waals surface area (Å²) in [6, 6.07) is 14.2. The average molecular weight is 656 g/mol. The lowest BCUT2D eigenvalue weighted by atomic mass is 9.89. The van der Waals surface area contributed by atoms with Crippen LogP contribution in [0.4, 0.5) is 13.2 Å². The molecular formula is C33H39Cl2F3N2O4. The van der Waals surface area contributed by atoms with Crippen LogP contribution < -0.4 is 4.74 Å². The van der Waals surface area contributed by atoms with Crippen LogP contribution in [0.25, 0.3) is 11.1 Å². The molecule has 3 fully saturated rings. The molecule has 1 unspecified atom stereocenters. The van der Waals surface area contributed by atoms with Gasteiger partial charge >= 0.3 is 12.1 Å². The quantitative estimate of drug-likeness (QED) is 0.150. The Hall–Kier alpha value is -2.49. The maximum atomic E-state index is 14.0. The lowest BCUT2D eigenvalue weighted by Crippen LogP contribution is -2.56. The summed E-state index contributed by atoms with van der Waals surface area (Å²) < 4.78 is 49.6. The maximum absolute atomic E-state index is 14.0. The molecule has 0 N–H and O–H groups in total. The van der Waals surface area contributed by atoms with Crippen molar-refractivity contribution in [2.45, 2.75) is 86.4 Å². The van der Waals surface area contributed by atoms with E-state index in [0.717, 1.165) is 56.4 Å². The average Bonchev–Trinajstić information content (AvgIpc) is 3.37. The number of carbonyl (C=O) groups is 2. The number of hydrogen-bond donors (Lipinski definition) is 0. The third kappa shape index (κ3) is 7.00. The molecule has 5 rings (SSSR count). The van der Waals surface area contributed by atoms with Gasteiger partial charge in [0.1, 0.15) is 5.75 Å². The van der Waals surface area contributed by atoms with Crippen LogP contribution in [0, 0.1) is 0 Å². The number of halogens is 5. The topological polar surface area (TPSA) is 59.1 Å². The Bertz CT molecular complexity index is 1300. The highest BCUT2D eigenvalue weighted by molar-refractivity contribution is 6.50. The minimum Gasteiger partial charge on any atom is -0.493 e. The number of ether oxygens (including phenoxy) is 2. The molecule has 1 amide bonds. The largest absolute Gasteiger partial charge is 0.493 e. The number of hydrogen-bond acceptors (Lipinski definition) is 5. The number of likely N-dealkylation sites (tertiary alicyclic amines) is 2. The van der Waals surface area contributed by atoms with Gasteiger partial charge in [0.15, 0.2) is 4.33 Å². The molecule has 1 saturated carbocycles. The molecule has 0 bridgehead atoms. The highest BCUT2D eigenvalue weighted by atomic mass is 35.5. The first-order valence-corrected chi connectivity index (χ1v) is 16.3. The molecule has 240 valence electrons. The van der Waals surface area contributed by atoms with Crippen LogP contribution in [0.3, 0.4) is 0 Å². The number of amides is 1.